The SMILES string of the molecule is Cc1ccc(C)c(S(=O)(=O)N2CCN(c3ccccc3)C(=O)C2)c1. The Morgan fingerprint density at radius 2 is 1.67 bits per heavy atom. The molecule has 0 bridgehead atoms. The van der Waals surface area contributed by atoms with Crippen molar-refractivity contribution in [1.29, 1.82) is 0 Å². The number of hydrogen-bond donors (Lipinski definition) is 0. The molecule has 2 aromatic carbocycles. The van der Waals surface area contributed by atoms with Gasteiger partial charge in [-0.1, -0.05) is 30.3 Å². The first-order valence-corrected chi connectivity index (χ1v) is 9.26. The molecule has 0 saturated carbocycles. The van der Waals surface area contributed by atoms with Gasteiger partial charge in [-0.15, -0.1) is 0 Å². The summed E-state index contributed by atoms with van der Waals surface area (Å²) in [5, 5.41) is 0. The fourth-order valence-electron chi connectivity index (χ4n) is 2.86. The number of nitrogens with zero attached hydrogens (tertiary/aromatic N) is 2. The van der Waals surface area contributed by atoms with Crippen molar-refractivity contribution >= 4 is 21.6 Å². The Morgan fingerprint density at radius 3 is 2.33 bits per heavy atom. The third-order valence-electron chi connectivity index (χ3n) is 4.22. The summed E-state index contributed by atoms with van der Waals surface area (Å²) in [7, 11) is -3.67. The quantitative estimate of drug-likeness (QED) is 0.859. The normalized spacial score (nSPS) is 16.4. The van der Waals surface area contributed by atoms with E-state index < -0.39 is 10.0 Å². The van der Waals surface area contributed by atoms with Gasteiger partial charge in [-0.05, 0) is 43.2 Å². The maximum atomic E-state index is 12.9. The Morgan fingerprint density at radius 1 is 0.958 bits per heavy atom. The monoisotopic (exact) mass is 344 g/mol. The van der Waals surface area contributed by atoms with E-state index in [4.69, 9.17) is 0 Å². The van der Waals surface area contributed by atoms with Gasteiger partial charge < -0.3 is 4.90 Å². The molecule has 6 heteroatoms. The first-order valence-electron chi connectivity index (χ1n) is 7.82. The number of rotatable bonds is 3. The second-order valence-corrected chi connectivity index (χ2v) is 7.89. The van der Waals surface area contributed by atoms with Gasteiger partial charge in [0.15, 0.2) is 0 Å². The summed E-state index contributed by atoms with van der Waals surface area (Å²) in [6.07, 6.45) is 0. The van der Waals surface area contributed by atoms with Crippen molar-refractivity contribution in [2.45, 2.75) is 18.7 Å². The van der Waals surface area contributed by atoms with Crippen LogP contribution >= 0.6 is 0 Å². The van der Waals surface area contributed by atoms with Crippen molar-refractivity contribution in [3.63, 3.8) is 0 Å². The number of sulfonamides is 1. The zero-order valence-corrected chi connectivity index (χ0v) is 14.6. The van der Waals surface area contributed by atoms with E-state index in [9.17, 15) is 13.2 Å². The van der Waals surface area contributed by atoms with Gasteiger partial charge >= 0.3 is 0 Å². The number of carbonyl (C=O) groups is 1. The molecule has 1 amide bonds. The first-order chi connectivity index (χ1) is 11.4. The number of piperazine rings is 1. The third-order valence-corrected chi connectivity index (χ3v) is 6.20. The largest absolute Gasteiger partial charge is 0.310 e. The third kappa shape index (κ3) is 3.07. The molecule has 1 fully saturated rings. The Hall–Kier alpha value is -2.18. The lowest BCUT2D eigenvalue weighted by molar-refractivity contribution is -0.119. The summed E-state index contributed by atoms with van der Waals surface area (Å²) in [5.74, 6) is -0.207. The van der Waals surface area contributed by atoms with Gasteiger partial charge in [0.1, 0.15) is 0 Å². The van der Waals surface area contributed by atoms with Crippen LogP contribution in [0.4, 0.5) is 5.69 Å². The van der Waals surface area contributed by atoms with Crippen LogP contribution in [0.3, 0.4) is 0 Å². The van der Waals surface area contributed by atoms with Gasteiger partial charge in [0.25, 0.3) is 0 Å². The lowest BCUT2D eigenvalue weighted by atomic mass is 10.2. The van der Waals surface area contributed by atoms with Crippen LogP contribution in [0.15, 0.2) is 53.4 Å². The number of carbonyl (C=O) groups excluding carboxylic acids is 1. The van der Waals surface area contributed by atoms with Crippen LogP contribution in [0, 0.1) is 13.8 Å². The van der Waals surface area contributed by atoms with Crippen LogP contribution in [0.1, 0.15) is 11.1 Å². The van der Waals surface area contributed by atoms with Crippen LogP contribution in [-0.4, -0.2) is 38.3 Å². The van der Waals surface area contributed by atoms with Crippen molar-refractivity contribution in [2.24, 2.45) is 0 Å². The van der Waals surface area contributed by atoms with Gasteiger partial charge in [-0.25, -0.2) is 8.42 Å². The van der Waals surface area contributed by atoms with Crippen LogP contribution in [-0.2, 0) is 14.8 Å². The minimum Gasteiger partial charge on any atom is -0.310 e. The fraction of sp³-hybridized carbons (Fsp3) is 0.278. The lowest BCUT2D eigenvalue weighted by Gasteiger charge is -2.33. The van der Waals surface area contributed by atoms with Crippen molar-refractivity contribution in [3.05, 3.63) is 59.7 Å². The molecule has 1 saturated heterocycles. The summed E-state index contributed by atoms with van der Waals surface area (Å²) < 4.78 is 27.1. The second kappa shape index (κ2) is 6.37. The van der Waals surface area contributed by atoms with Crippen molar-refractivity contribution < 1.29 is 13.2 Å². The second-order valence-electron chi connectivity index (χ2n) is 5.99. The molecule has 5 nitrogen and oxygen atoms in total. The van der Waals surface area contributed by atoms with E-state index in [2.05, 4.69) is 0 Å². The Labute approximate surface area is 142 Å². The standard InChI is InChI=1S/C18H20N2O3S/c1-14-8-9-15(2)17(12-14)24(22,23)19-10-11-20(18(21)13-19)16-6-4-3-5-7-16/h3-9,12H,10-11,13H2,1-2H3. The number of benzene rings is 2. The number of anilines is 1. The van der Waals surface area contributed by atoms with Crippen molar-refractivity contribution in [1.82, 2.24) is 4.31 Å². The molecule has 1 aliphatic heterocycles. The molecule has 0 radical (unpaired) electrons. The first kappa shape index (κ1) is 16.7. The molecule has 3 rings (SSSR count). The molecule has 0 N–H and O–H groups in total. The number of para-hydroxylation sites is 1. The molecule has 1 aliphatic rings. The minimum atomic E-state index is -3.67. The fourth-order valence-corrected chi connectivity index (χ4v) is 4.55. The van der Waals surface area contributed by atoms with E-state index in [0.29, 0.717) is 12.1 Å². The van der Waals surface area contributed by atoms with Crippen LogP contribution in [0.25, 0.3) is 0 Å². The van der Waals surface area contributed by atoms with E-state index in [1.54, 1.807) is 24.0 Å². The number of amides is 1. The molecule has 24 heavy (non-hydrogen) atoms. The molecule has 0 aromatic heterocycles. The van der Waals surface area contributed by atoms with E-state index in [0.717, 1.165) is 11.3 Å². The van der Waals surface area contributed by atoms with Gasteiger partial charge in [0.05, 0.1) is 11.4 Å². The van der Waals surface area contributed by atoms with E-state index in [-0.39, 0.29) is 23.9 Å². The summed E-state index contributed by atoms with van der Waals surface area (Å²) in [6, 6.07) is 14.7. The molecule has 0 unspecified atom stereocenters. The molecule has 0 aliphatic carbocycles. The smallest absolute Gasteiger partial charge is 0.243 e. The van der Waals surface area contributed by atoms with Gasteiger partial charge in [0, 0.05) is 18.8 Å². The van der Waals surface area contributed by atoms with Gasteiger partial charge in [-0.2, -0.15) is 4.31 Å². The Balaban J connectivity index is 1.85. The maximum absolute atomic E-state index is 12.9. The highest BCUT2D eigenvalue weighted by molar-refractivity contribution is 7.89. The number of aryl methyl sites for hydroxylation is 2. The van der Waals surface area contributed by atoms with E-state index in [1.165, 1.54) is 4.31 Å². The topological polar surface area (TPSA) is 57.7 Å². The summed E-state index contributed by atoms with van der Waals surface area (Å²) in [5.41, 5.74) is 2.37. The molecular weight excluding hydrogens is 324 g/mol. The van der Waals surface area contributed by atoms with Crippen LogP contribution in [0.2, 0.25) is 0 Å². The van der Waals surface area contributed by atoms with Crippen molar-refractivity contribution in [3.8, 4) is 0 Å². The molecule has 126 valence electrons. The minimum absolute atomic E-state index is 0.134. The zero-order valence-electron chi connectivity index (χ0n) is 13.8. The van der Waals surface area contributed by atoms with Gasteiger partial charge in [0.2, 0.25) is 15.9 Å². The average Bonchev–Trinajstić information content (AvgIpc) is 2.57. The maximum Gasteiger partial charge on any atom is 0.243 e. The van der Waals surface area contributed by atoms with E-state index in [1.807, 2.05) is 43.3 Å². The highest BCUT2D eigenvalue weighted by atomic mass is 32.2. The Kier molecular flexibility index (Phi) is 4.43. The predicted molar refractivity (Wildman–Crippen MR) is 93.5 cm³/mol. The van der Waals surface area contributed by atoms with E-state index >= 15 is 0 Å². The molecule has 0 atom stereocenters. The number of hydrogen-bond acceptors (Lipinski definition) is 3. The zero-order chi connectivity index (χ0) is 17.3. The Bertz CT molecular complexity index is 863. The average molecular weight is 344 g/mol. The van der Waals surface area contributed by atoms with Crippen LogP contribution < -0.4 is 4.90 Å². The van der Waals surface area contributed by atoms with Crippen molar-refractivity contribution in [2.75, 3.05) is 24.5 Å². The highest BCUT2D eigenvalue weighted by Crippen LogP contribution is 2.24. The predicted octanol–water partition coefficient (Wildman–Crippen LogP) is 2.34. The summed E-state index contributed by atoms with van der Waals surface area (Å²) >= 11 is 0. The highest BCUT2D eigenvalue weighted by Gasteiger charge is 2.34. The molecule has 1 heterocycles. The lowest BCUT2D eigenvalue weighted by Crippen LogP contribution is -2.52. The summed E-state index contributed by atoms with van der Waals surface area (Å²) in [6.45, 7) is 4.14. The van der Waals surface area contributed by atoms with Gasteiger partial charge in [-0.3, -0.25) is 4.79 Å². The molecular formula is C18H20N2O3S. The summed E-state index contributed by atoms with van der Waals surface area (Å²) in [4.78, 5) is 14.4. The molecule has 0 spiro atoms. The molecule has 2 aromatic rings. The van der Waals surface area contributed by atoms with Crippen LogP contribution in [0.5, 0.6) is 0 Å².